The zero-order valence-corrected chi connectivity index (χ0v) is 9.59. The third-order valence-corrected chi connectivity index (χ3v) is 3.88. The van der Waals surface area contributed by atoms with Gasteiger partial charge in [-0.1, -0.05) is 0 Å². The Morgan fingerprint density at radius 1 is 1.43 bits per heavy atom. The molecule has 1 heterocycles. The van der Waals surface area contributed by atoms with Gasteiger partial charge in [-0.25, -0.2) is 4.79 Å². The summed E-state index contributed by atoms with van der Waals surface area (Å²) >= 11 is 1.51. The molecule has 1 amide bonds. The molecule has 1 aliphatic heterocycles. The lowest BCUT2D eigenvalue weighted by Gasteiger charge is -2.29. The van der Waals surface area contributed by atoms with E-state index in [-0.39, 0.29) is 0 Å². The van der Waals surface area contributed by atoms with Crippen LogP contribution in [0.2, 0.25) is 0 Å². The van der Waals surface area contributed by atoms with Crippen molar-refractivity contribution in [2.45, 2.75) is 43.4 Å². The van der Waals surface area contributed by atoms with E-state index in [1.807, 2.05) is 27.7 Å². The van der Waals surface area contributed by atoms with Crippen LogP contribution < -0.4 is 0 Å². The summed E-state index contributed by atoms with van der Waals surface area (Å²) in [5.41, 5.74) is 0. The van der Waals surface area contributed by atoms with Crippen LogP contribution in [0.25, 0.3) is 0 Å². The predicted molar refractivity (Wildman–Crippen MR) is 55.1 cm³/mol. The van der Waals surface area contributed by atoms with Crippen molar-refractivity contribution in [3.63, 3.8) is 0 Å². The Morgan fingerprint density at radius 2 is 1.93 bits per heavy atom. The van der Waals surface area contributed by atoms with Gasteiger partial charge >= 0.3 is 5.97 Å². The molecule has 0 aliphatic carbocycles. The fraction of sp³-hybridized carbons (Fsp3) is 0.778. The highest BCUT2D eigenvalue weighted by atomic mass is 32.2. The average Bonchev–Trinajstić information content (AvgIpc) is 2.13. The molecule has 0 aromatic heterocycles. The number of amides is 1. The molecule has 0 radical (unpaired) electrons. The largest absolute Gasteiger partial charge is 0.480 e. The maximum atomic E-state index is 11.1. The van der Waals surface area contributed by atoms with E-state index in [0.29, 0.717) is 6.41 Å². The van der Waals surface area contributed by atoms with Gasteiger partial charge in [0.05, 0.1) is 4.87 Å². The molecule has 0 aromatic rings. The number of carbonyl (C=O) groups excluding carboxylic acids is 1. The van der Waals surface area contributed by atoms with E-state index in [1.54, 1.807) is 0 Å². The Bertz CT molecular complexity index is 275. The molecule has 0 saturated carbocycles. The molecule has 5 heteroatoms. The lowest BCUT2D eigenvalue weighted by molar-refractivity contribution is -0.148. The van der Waals surface area contributed by atoms with Gasteiger partial charge in [-0.05, 0) is 27.7 Å². The van der Waals surface area contributed by atoms with Gasteiger partial charge < -0.3 is 10.0 Å². The minimum absolute atomic E-state index is 0.448. The second kappa shape index (κ2) is 3.15. The van der Waals surface area contributed by atoms with Gasteiger partial charge in [0.1, 0.15) is 6.04 Å². The van der Waals surface area contributed by atoms with Crippen molar-refractivity contribution in [2.24, 2.45) is 0 Å². The summed E-state index contributed by atoms with van der Waals surface area (Å²) in [5.74, 6) is -0.944. The molecule has 0 spiro atoms. The summed E-state index contributed by atoms with van der Waals surface area (Å²) in [4.78, 5) is 22.9. The number of thioether (sulfide) groups is 1. The summed E-state index contributed by atoms with van der Waals surface area (Å²) < 4.78 is -0.448. The molecule has 80 valence electrons. The van der Waals surface area contributed by atoms with Crippen LogP contribution in [0.1, 0.15) is 27.7 Å². The number of carboxylic acids is 1. The first kappa shape index (κ1) is 11.4. The molecular formula is C9H15NO3S. The monoisotopic (exact) mass is 217 g/mol. The van der Waals surface area contributed by atoms with E-state index in [4.69, 9.17) is 5.11 Å². The molecule has 1 aliphatic rings. The number of carbonyl (C=O) groups is 2. The van der Waals surface area contributed by atoms with Gasteiger partial charge in [0.25, 0.3) is 0 Å². The van der Waals surface area contributed by atoms with Crippen LogP contribution in [0.4, 0.5) is 0 Å². The van der Waals surface area contributed by atoms with Gasteiger partial charge in [0.15, 0.2) is 0 Å². The van der Waals surface area contributed by atoms with Gasteiger partial charge in [-0.2, -0.15) is 0 Å². The molecule has 1 N–H and O–H groups in total. The van der Waals surface area contributed by atoms with E-state index in [1.165, 1.54) is 16.7 Å². The first-order valence-corrected chi connectivity index (χ1v) is 5.21. The maximum absolute atomic E-state index is 11.1. The maximum Gasteiger partial charge on any atom is 0.327 e. The van der Waals surface area contributed by atoms with Gasteiger partial charge in [-0.3, -0.25) is 4.79 Å². The summed E-state index contributed by atoms with van der Waals surface area (Å²) in [6.45, 7) is 7.41. The highest BCUT2D eigenvalue weighted by Gasteiger charge is 2.54. The second-order valence-electron chi connectivity index (χ2n) is 4.41. The standard InChI is InChI=1S/C9H15NO3S/c1-8(2)6(7(12)13)10(5-11)9(3,4)14-8/h5-6H,1-4H3,(H,12,13)/t6-/m0/s1. The van der Waals surface area contributed by atoms with Gasteiger partial charge in [0, 0.05) is 4.75 Å². The van der Waals surface area contributed by atoms with Crippen molar-refractivity contribution in [3.8, 4) is 0 Å². The highest BCUT2D eigenvalue weighted by Crippen LogP contribution is 2.49. The minimum atomic E-state index is -0.944. The number of carboxylic acid groups (broad SMARTS) is 1. The predicted octanol–water partition coefficient (Wildman–Crippen LogP) is 1.16. The van der Waals surface area contributed by atoms with Crippen molar-refractivity contribution < 1.29 is 14.7 Å². The quantitative estimate of drug-likeness (QED) is 0.705. The van der Waals surface area contributed by atoms with Crippen molar-refractivity contribution in [1.82, 2.24) is 4.90 Å². The first-order chi connectivity index (χ1) is 6.22. The van der Waals surface area contributed by atoms with Crippen LogP contribution in [0.5, 0.6) is 0 Å². The van der Waals surface area contributed by atoms with E-state index >= 15 is 0 Å². The summed E-state index contributed by atoms with van der Waals surface area (Å²) in [5, 5.41) is 9.07. The topological polar surface area (TPSA) is 57.6 Å². The van der Waals surface area contributed by atoms with Crippen LogP contribution in [0, 0.1) is 0 Å². The molecule has 0 bridgehead atoms. The Hall–Kier alpha value is -0.710. The Balaban J connectivity index is 3.12. The molecule has 0 unspecified atom stereocenters. The van der Waals surface area contributed by atoms with Crippen LogP contribution in [-0.2, 0) is 9.59 Å². The second-order valence-corrected chi connectivity index (χ2v) is 6.66. The van der Waals surface area contributed by atoms with Crippen molar-refractivity contribution in [2.75, 3.05) is 0 Å². The highest BCUT2D eigenvalue weighted by molar-refractivity contribution is 8.02. The smallest absolute Gasteiger partial charge is 0.327 e. The fourth-order valence-corrected chi connectivity index (χ4v) is 3.87. The molecular weight excluding hydrogens is 202 g/mol. The van der Waals surface area contributed by atoms with Crippen LogP contribution in [0.15, 0.2) is 0 Å². The lowest BCUT2D eigenvalue weighted by atomic mass is 10.0. The Kier molecular flexibility index (Phi) is 2.56. The molecule has 0 aromatic carbocycles. The molecule has 1 rings (SSSR count). The number of hydrogen-bond acceptors (Lipinski definition) is 3. The zero-order chi connectivity index (χ0) is 11.1. The third-order valence-electron chi connectivity index (χ3n) is 2.42. The summed E-state index contributed by atoms with van der Waals surface area (Å²) in [6, 6.07) is -0.750. The van der Waals surface area contributed by atoms with E-state index < -0.39 is 21.6 Å². The van der Waals surface area contributed by atoms with E-state index in [2.05, 4.69) is 0 Å². The molecule has 4 nitrogen and oxygen atoms in total. The third kappa shape index (κ3) is 1.61. The van der Waals surface area contributed by atoms with Crippen LogP contribution in [0.3, 0.4) is 0 Å². The Labute approximate surface area is 87.7 Å². The zero-order valence-electron chi connectivity index (χ0n) is 8.77. The lowest BCUT2D eigenvalue weighted by Crippen LogP contribution is -2.49. The first-order valence-electron chi connectivity index (χ1n) is 4.39. The number of hydrogen-bond donors (Lipinski definition) is 1. The Morgan fingerprint density at radius 3 is 2.21 bits per heavy atom. The normalized spacial score (nSPS) is 28.9. The van der Waals surface area contributed by atoms with Crippen molar-refractivity contribution in [3.05, 3.63) is 0 Å². The van der Waals surface area contributed by atoms with Gasteiger partial charge in [-0.15, -0.1) is 11.8 Å². The van der Waals surface area contributed by atoms with E-state index in [9.17, 15) is 9.59 Å². The number of rotatable bonds is 2. The molecule has 1 fully saturated rings. The molecule has 1 atom stereocenters. The minimum Gasteiger partial charge on any atom is -0.480 e. The van der Waals surface area contributed by atoms with Crippen molar-refractivity contribution >= 4 is 24.1 Å². The van der Waals surface area contributed by atoms with Gasteiger partial charge in [0.2, 0.25) is 6.41 Å². The summed E-state index contributed by atoms with van der Waals surface area (Å²) in [6.07, 6.45) is 0.626. The molecule has 1 saturated heterocycles. The van der Waals surface area contributed by atoms with Crippen LogP contribution >= 0.6 is 11.8 Å². The van der Waals surface area contributed by atoms with E-state index in [0.717, 1.165) is 0 Å². The summed E-state index contributed by atoms with van der Waals surface area (Å²) in [7, 11) is 0. The SMILES string of the molecule is CC1(C)SC(C)(C)N(C=O)[C@H]1C(=O)O. The fourth-order valence-electron chi connectivity index (χ4n) is 2.00. The van der Waals surface area contributed by atoms with Crippen molar-refractivity contribution in [1.29, 1.82) is 0 Å². The average molecular weight is 217 g/mol. The number of aliphatic carboxylic acids is 1. The molecule has 14 heavy (non-hydrogen) atoms. The van der Waals surface area contributed by atoms with Crippen LogP contribution in [-0.4, -0.2) is 38.0 Å². The number of nitrogens with zero attached hydrogens (tertiary/aromatic N) is 1.